The third kappa shape index (κ3) is 4.69. The lowest BCUT2D eigenvalue weighted by Gasteiger charge is -2.29. The lowest BCUT2D eigenvalue weighted by Crippen LogP contribution is -2.30. The first-order chi connectivity index (χ1) is 18.7. The van der Waals surface area contributed by atoms with Gasteiger partial charge < -0.3 is 24.3 Å². The molecule has 0 bridgehead atoms. The van der Waals surface area contributed by atoms with Crippen LogP contribution in [0.2, 0.25) is 0 Å². The molecule has 10 heteroatoms. The summed E-state index contributed by atoms with van der Waals surface area (Å²) >= 11 is 5.84. The Hall–Kier alpha value is -4.05. The van der Waals surface area contributed by atoms with E-state index in [0.717, 1.165) is 17.3 Å². The SMILES string of the molecule is COc1ccc(N2C(=S)NC(c3ccccn3)C2c2cc(C)n(-c3ccccc3C(F)(F)F)c2C)c(OC)c1. The molecule has 0 amide bonds. The second-order valence-corrected chi connectivity index (χ2v) is 9.60. The fourth-order valence-corrected chi connectivity index (χ4v) is 5.62. The number of alkyl halides is 3. The van der Waals surface area contributed by atoms with Crippen molar-refractivity contribution in [3.63, 3.8) is 0 Å². The van der Waals surface area contributed by atoms with Crippen LogP contribution < -0.4 is 19.7 Å². The molecule has 6 nitrogen and oxygen atoms in total. The summed E-state index contributed by atoms with van der Waals surface area (Å²) in [6.07, 6.45) is -2.80. The molecule has 0 spiro atoms. The summed E-state index contributed by atoms with van der Waals surface area (Å²) in [7, 11) is 3.14. The number of pyridine rings is 1. The lowest BCUT2D eigenvalue weighted by molar-refractivity contribution is -0.137. The number of hydrogen-bond donors (Lipinski definition) is 1. The Kier molecular flexibility index (Phi) is 6.98. The number of rotatable bonds is 6. The van der Waals surface area contributed by atoms with Gasteiger partial charge in [0.2, 0.25) is 0 Å². The standard InChI is InChI=1S/C29H27F3N4O2S/c1-17-15-20(18(2)35(17)23-11-6-5-9-21(23)29(30,31)32)27-26(22-10-7-8-14-33-22)34-28(39)36(27)24-13-12-19(37-3)16-25(24)38-4/h5-16,26-27H,1-4H3,(H,34,39). The van der Waals surface area contributed by atoms with Crippen molar-refractivity contribution >= 4 is 23.0 Å². The summed E-state index contributed by atoms with van der Waals surface area (Å²) in [5, 5.41) is 3.84. The minimum Gasteiger partial charge on any atom is -0.497 e. The van der Waals surface area contributed by atoms with E-state index >= 15 is 0 Å². The van der Waals surface area contributed by atoms with E-state index in [4.69, 9.17) is 21.7 Å². The molecule has 1 fully saturated rings. The van der Waals surface area contributed by atoms with Crippen LogP contribution in [0, 0.1) is 13.8 Å². The molecular weight excluding hydrogens is 525 g/mol. The fourth-order valence-electron chi connectivity index (χ4n) is 5.28. The van der Waals surface area contributed by atoms with E-state index in [9.17, 15) is 13.2 Å². The van der Waals surface area contributed by atoms with Gasteiger partial charge in [0, 0.05) is 23.7 Å². The number of aryl methyl sites for hydroxylation is 1. The number of aromatic nitrogens is 2. The molecule has 3 heterocycles. The number of nitrogens with one attached hydrogen (secondary N) is 1. The fraction of sp³-hybridized carbons (Fsp3) is 0.241. The summed E-state index contributed by atoms with van der Waals surface area (Å²) in [4.78, 5) is 6.52. The van der Waals surface area contributed by atoms with Crippen molar-refractivity contribution in [2.75, 3.05) is 19.1 Å². The number of anilines is 1. The molecule has 202 valence electrons. The van der Waals surface area contributed by atoms with Crippen LogP contribution in [0.25, 0.3) is 5.69 Å². The molecule has 4 aromatic rings. The molecule has 0 aliphatic carbocycles. The number of nitrogens with zero attached hydrogens (tertiary/aromatic N) is 3. The van der Waals surface area contributed by atoms with Gasteiger partial charge in [-0.1, -0.05) is 18.2 Å². The van der Waals surface area contributed by atoms with Crippen molar-refractivity contribution in [3.8, 4) is 17.2 Å². The van der Waals surface area contributed by atoms with Gasteiger partial charge in [-0.05, 0) is 74.1 Å². The summed E-state index contributed by atoms with van der Waals surface area (Å²) in [6.45, 7) is 3.63. The molecule has 1 saturated heterocycles. The second kappa shape index (κ2) is 10.3. The van der Waals surface area contributed by atoms with E-state index in [0.29, 0.717) is 33.7 Å². The summed E-state index contributed by atoms with van der Waals surface area (Å²) in [6, 6.07) is 17.8. The molecule has 2 aromatic heterocycles. The quantitative estimate of drug-likeness (QED) is 0.269. The van der Waals surface area contributed by atoms with Crippen LogP contribution in [0.4, 0.5) is 18.9 Å². The van der Waals surface area contributed by atoms with Gasteiger partial charge in [0.1, 0.15) is 11.5 Å². The van der Waals surface area contributed by atoms with Crippen LogP contribution in [-0.2, 0) is 6.18 Å². The van der Waals surface area contributed by atoms with Crippen LogP contribution in [0.1, 0.15) is 40.3 Å². The van der Waals surface area contributed by atoms with Gasteiger partial charge in [-0.3, -0.25) is 4.98 Å². The maximum absolute atomic E-state index is 14.0. The number of halogens is 3. The Morgan fingerprint density at radius 2 is 1.67 bits per heavy atom. The molecule has 1 aliphatic heterocycles. The highest BCUT2D eigenvalue weighted by Gasteiger charge is 2.43. The molecule has 2 atom stereocenters. The van der Waals surface area contributed by atoms with Crippen molar-refractivity contribution in [2.24, 2.45) is 0 Å². The number of para-hydroxylation sites is 1. The van der Waals surface area contributed by atoms with Crippen LogP contribution in [0.5, 0.6) is 11.5 Å². The zero-order valence-corrected chi connectivity index (χ0v) is 22.6. The smallest absolute Gasteiger partial charge is 0.418 e. The molecule has 39 heavy (non-hydrogen) atoms. The van der Waals surface area contributed by atoms with Crippen LogP contribution >= 0.6 is 12.2 Å². The van der Waals surface area contributed by atoms with Crippen molar-refractivity contribution in [3.05, 3.63) is 101 Å². The number of ether oxygens (including phenoxy) is 2. The lowest BCUT2D eigenvalue weighted by atomic mass is 9.96. The Balaban J connectivity index is 1.72. The Bertz CT molecular complexity index is 1520. The molecule has 5 rings (SSSR count). The van der Waals surface area contributed by atoms with E-state index in [1.807, 2.05) is 48.2 Å². The monoisotopic (exact) mass is 552 g/mol. The van der Waals surface area contributed by atoms with Crippen LogP contribution in [-0.4, -0.2) is 28.9 Å². The summed E-state index contributed by atoms with van der Waals surface area (Å²) in [5.41, 5.74) is 2.96. The predicted molar refractivity (Wildman–Crippen MR) is 148 cm³/mol. The van der Waals surface area contributed by atoms with Gasteiger partial charge in [0.15, 0.2) is 5.11 Å². The molecule has 1 N–H and O–H groups in total. The molecule has 0 radical (unpaired) electrons. The minimum atomic E-state index is -4.50. The summed E-state index contributed by atoms with van der Waals surface area (Å²) < 4.78 is 54.7. The number of benzene rings is 2. The minimum absolute atomic E-state index is 0.0720. The second-order valence-electron chi connectivity index (χ2n) is 9.21. The third-order valence-electron chi connectivity index (χ3n) is 6.98. The van der Waals surface area contributed by atoms with E-state index < -0.39 is 17.8 Å². The predicted octanol–water partition coefficient (Wildman–Crippen LogP) is 6.70. The normalized spacial score (nSPS) is 17.3. The topological polar surface area (TPSA) is 51.5 Å². The van der Waals surface area contributed by atoms with Gasteiger partial charge in [-0.2, -0.15) is 13.2 Å². The molecule has 2 unspecified atom stereocenters. The first-order valence-electron chi connectivity index (χ1n) is 12.2. The van der Waals surface area contributed by atoms with Gasteiger partial charge in [0.05, 0.1) is 48.9 Å². The highest BCUT2D eigenvalue weighted by molar-refractivity contribution is 7.80. The molecule has 2 aromatic carbocycles. The zero-order valence-electron chi connectivity index (χ0n) is 21.8. The van der Waals surface area contributed by atoms with Crippen molar-refractivity contribution in [1.82, 2.24) is 14.9 Å². The van der Waals surface area contributed by atoms with Crippen molar-refractivity contribution in [2.45, 2.75) is 32.1 Å². The van der Waals surface area contributed by atoms with Crippen LogP contribution in [0.3, 0.4) is 0 Å². The van der Waals surface area contributed by atoms with Gasteiger partial charge in [0.25, 0.3) is 0 Å². The highest BCUT2D eigenvalue weighted by atomic mass is 32.1. The Morgan fingerprint density at radius 1 is 0.923 bits per heavy atom. The van der Waals surface area contributed by atoms with Crippen molar-refractivity contribution < 1.29 is 22.6 Å². The first kappa shape index (κ1) is 26.6. The maximum atomic E-state index is 14.0. The zero-order chi connectivity index (χ0) is 27.9. The molecule has 0 saturated carbocycles. The van der Waals surface area contributed by atoms with Crippen molar-refractivity contribution in [1.29, 1.82) is 0 Å². The third-order valence-corrected chi connectivity index (χ3v) is 7.30. The number of thiocarbonyl (C=S) groups is 1. The van der Waals surface area contributed by atoms with E-state index in [1.165, 1.54) is 12.1 Å². The Labute approximate surface area is 230 Å². The van der Waals surface area contributed by atoms with Gasteiger partial charge >= 0.3 is 6.18 Å². The highest BCUT2D eigenvalue weighted by Crippen LogP contribution is 2.47. The number of hydrogen-bond acceptors (Lipinski definition) is 4. The summed E-state index contributed by atoms with van der Waals surface area (Å²) in [5.74, 6) is 1.16. The van der Waals surface area contributed by atoms with E-state index in [1.54, 1.807) is 44.0 Å². The van der Waals surface area contributed by atoms with Gasteiger partial charge in [-0.25, -0.2) is 0 Å². The molecule has 1 aliphatic rings. The largest absolute Gasteiger partial charge is 0.497 e. The van der Waals surface area contributed by atoms with Crippen LogP contribution in [0.15, 0.2) is 72.9 Å². The Morgan fingerprint density at radius 3 is 2.33 bits per heavy atom. The number of methoxy groups -OCH3 is 2. The van der Waals surface area contributed by atoms with Gasteiger partial charge in [-0.15, -0.1) is 0 Å². The maximum Gasteiger partial charge on any atom is 0.418 e. The average molecular weight is 553 g/mol. The first-order valence-corrected chi connectivity index (χ1v) is 12.6. The van der Waals surface area contributed by atoms with E-state index in [2.05, 4.69) is 10.3 Å². The van der Waals surface area contributed by atoms with E-state index in [-0.39, 0.29) is 11.7 Å². The average Bonchev–Trinajstić information content (AvgIpc) is 3.42. The molecular formula is C29H27F3N4O2S.